The molecular formula is C23H31N7O2. The number of carbonyl (C=O) groups is 1. The zero-order chi connectivity index (χ0) is 23.7. The van der Waals surface area contributed by atoms with Gasteiger partial charge in [0.2, 0.25) is 5.95 Å². The van der Waals surface area contributed by atoms with Crippen molar-refractivity contribution in [3.63, 3.8) is 0 Å². The van der Waals surface area contributed by atoms with Crippen LogP contribution in [0.4, 0.5) is 11.6 Å². The Kier molecular flexibility index (Phi) is 8.88. The van der Waals surface area contributed by atoms with E-state index in [0.29, 0.717) is 18.7 Å². The number of nitrogens with two attached hydrogens (primary N) is 1. The number of carbonyl (C=O) groups excluding carboxylic acids is 1. The largest absolute Gasteiger partial charge is 0.383 e. The summed E-state index contributed by atoms with van der Waals surface area (Å²) in [5.74, 6) is 0.197. The Morgan fingerprint density at radius 1 is 1.22 bits per heavy atom. The molecule has 3 rings (SSSR count). The van der Waals surface area contributed by atoms with Gasteiger partial charge in [-0.15, -0.1) is 0 Å². The number of fused-ring (bicyclic) bond motifs is 1. The van der Waals surface area contributed by atoms with Gasteiger partial charge in [-0.1, -0.05) is 32.6 Å². The minimum absolute atomic E-state index is 0.0112. The van der Waals surface area contributed by atoms with E-state index >= 15 is 0 Å². The first-order valence-corrected chi connectivity index (χ1v) is 10.6. The van der Waals surface area contributed by atoms with Crippen LogP contribution < -0.4 is 21.9 Å². The zero-order valence-corrected chi connectivity index (χ0v) is 19.0. The zero-order valence-electron chi connectivity index (χ0n) is 19.0. The Balaban J connectivity index is 0.00000176. The van der Waals surface area contributed by atoms with Gasteiger partial charge >= 0.3 is 0 Å². The number of anilines is 2. The Bertz CT molecular complexity index is 1120. The van der Waals surface area contributed by atoms with E-state index in [9.17, 15) is 9.59 Å². The average molecular weight is 438 g/mol. The number of aromatic amines is 1. The summed E-state index contributed by atoms with van der Waals surface area (Å²) in [6.45, 7) is 12.1. The molecule has 2 aromatic heterocycles. The second-order valence-electron chi connectivity index (χ2n) is 7.18. The van der Waals surface area contributed by atoms with Crippen LogP contribution >= 0.6 is 0 Å². The molecule has 0 bridgehead atoms. The summed E-state index contributed by atoms with van der Waals surface area (Å²) >= 11 is 0. The highest BCUT2D eigenvalue weighted by atomic mass is 16.1. The van der Waals surface area contributed by atoms with Crippen LogP contribution in [0.1, 0.15) is 51.8 Å². The maximum absolute atomic E-state index is 11.9. The van der Waals surface area contributed by atoms with E-state index in [1.54, 1.807) is 13.1 Å². The number of hydrogen-bond acceptors (Lipinski definition) is 8. The highest BCUT2D eigenvalue weighted by Gasteiger charge is 2.08. The highest BCUT2D eigenvalue weighted by molar-refractivity contribution is 5.75. The maximum Gasteiger partial charge on any atom is 0.280 e. The Morgan fingerprint density at radius 3 is 2.56 bits per heavy atom. The number of Topliss-reactive ketones (excluding diaryl/α,β-unsaturated/α-hetero) is 1. The molecular weight excluding hydrogens is 406 g/mol. The van der Waals surface area contributed by atoms with E-state index in [1.807, 2.05) is 45.0 Å². The molecule has 0 aliphatic rings. The number of benzene rings is 1. The lowest BCUT2D eigenvalue weighted by molar-refractivity contribution is -0.117. The molecule has 0 aliphatic heterocycles. The fourth-order valence-electron chi connectivity index (χ4n) is 2.91. The fraction of sp³-hybridized carbons (Fsp3) is 0.348. The van der Waals surface area contributed by atoms with Crippen molar-refractivity contribution in [1.82, 2.24) is 25.3 Å². The molecule has 170 valence electrons. The molecule has 0 aliphatic carbocycles. The number of aromatic nitrogens is 4. The van der Waals surface area contributed by atoms with Gasteiger partial charge in [0.1, 0.15) is 5.78 Å². The SMILES string of the molecule is C=C(NC(C)CCC(C)=O)c1ccc(NCc2cnc3nc(N)[nH]c(=O)c3n2)cc1.CC. The van der Waals surface area contributed by atoms with Crippen molar-refractivity contribution in [2.45, 2.75) is 53.1 Å². The van der Waals surface area contributed by atoms with Gasteiger partial charge in [-0.2, -0.15) is 4.98 Å². The molecule has 32 heavy (non-hydrogen) atoms. The molecule has 0 fully saturated rings. The molecule has 0 saturated carbocycles. The number of nitrogens with zero attached hydrogens (tertiary/aromatic N) is 3. The van der Waals surface area contributed by atoms with Gasteiger partial charge in [-0.25, -0.2) is 9.97 Å². The quantitative estimate of drug-likeness (QED) is 0.400. The van der Waals surface area contributed by atoms with Crippen molar-refractivity contribution < 1.29 is 4.79 Å². The molecule has 9 nitrogen and oxygen atoms in total. The van der Waals surface area contributed by atoms with Gasteiger partial charge in [-0.3, -0.25) is 9.78 Å². The van der Waals surface area contributed by atoms with Crippen LogP contribution in [0.2, 0.25) is 0 Å². The van der Waals surface area contributed by atoms with E-state index in [1.165, 1.54) is 0 Å². The van der Waals surface area contributed by atoms with E-state index in [4.69, 9.17) is 5.73 Å². The van der Waals surface area contributed by atoms with E-state index in [-0.39, 0.29) is 28.9 Å². The lowest BCUT2D eigenvalue weighted by Gasteiger charge is -2.17. The Labute approximate surface area is 187 Å². The Morgan fingerprint density at radius 2 is 1.91 bits per heavy atom. The monoisotopic (exact) mass is 437 g/mol. The first-order chi connectivity index (χ1) is 15.3. The molecule has 3 aromatic rings. The van der Waals surface area contributed by atoms with Crippen molar-refractivity contribution in [1.29, 1.82) is 0 Å². The van der Waals surface area contributed by atoms with Gasteiger partial charge in [0.15, 0.2) is 11.2 Å². The van der Waals surface area contributed by atoms with Crippen molar-refractivity contribution >= 4 is 34.3 Å². The molecule has 0 radical (unpaired) electrons. The van der Waals surface area contributed by atoms with E-state index in [2.05, 4.69) is 37.1 Å². The lowest BCUT2D eigenvalue weighted by atomic mass is 10.1. The van der Waals surface area contributed by atoms with E-state index in [0.717, 1.165) is 23.4 Å². The van der Waals surface area contributed by atoms with Crippen molar-refractivity contribution in [3.8, 4) is 0 Å². The first-order valence-electron chi connectivity index (χ1n) is 10.6. The van der Waals surface area contributed by atoms with Crippen LogP contribution in [0, 0.1) is 0 Å². The molecule has 0 saturated heterocycles. The predicted molar refractivity (Wildman–Crippen MR) is 129 cm³/mol. The van der Waals surface area contributed by atoms with Crippen LogP contribution in [-0.4, -0.2) is 31.8 Å². The number of nitrogen functional groups attached to an aromatic ring is 1. The van der Waals surface area contributed by atoms with Gasteiger partial charge in [0.05, 0.1) is 18.4 Å². The van der Waals surface area contributed by atoms with Crippen molar-refractivity contribution in [2.75, 3.05) is 11.1 Å². The molecule has 0 spiro atoms. The molecule has 1 unspecified atom stereocenters. The van der Waals surface area contributed by atoms with Crippen LogP contribution in [0.25, 0.3) is 16.9 Å². The standard InChI is InChI=1S/C21H25N7O2.C2H6/c1-12(4-5-13(2)29)25-14(3)15-6-8-16(9-7-15)23-10-17-11-24-19-18(26-17)20(30)28-21(22)27-19;1-2/h6-9,11-12,23,25H,3-5,10H2,1-2H3,(H3,22,24,27,28,30);1-2H3. The molecule has 1 aromatic carbocycles. The molecule has 2 heterocycles. The predicted octanol–water partition coefficient (Wildman–Crippen LogP) is 3.25. The lowest BCUT2D eigenvalue weighted by Crippen LogP contribution is -2.24. The third kappa shape index (κ3) is 6.90. The maximum atomic E-state index is 11.9. The van der Waals surface area contributed by atoms with Crippen LogP contribution in [0.5, 0.6) is 0 Å². The topological polar surface area (TPSA) is 139 Å². The minimum atomic E-state index is -0.417. The molecule has 5 N–H and O–H groups in total. The van der Waals surface area contributed by atoms with Gasteiger partial charge in [-0.05, 0) is 38.0 Å². The highest BCUT2D eigenvalue weighted by Crippen LogP contribution is 2.16. The summed E-state index contributed by atoms with van der Waals surface area (Å²) in [4.78, 5) is 37.9. The number of hydrogen-bond donors (Lipinski definition) is 4. The first kappa shape index (κ1) is 24.5. The summed E-state index contributed by atoms with van der Waals surface area (Å²) in [5.41, 5.74) is 8.74. The summed E-state index contributed by atoms with van der Waals surface area (Å²) in [6.07, 6.45) is 2.88. The third-order valence-electron chi connectivity index (χ3n) is 4.54. The van der Waals surface area contributed by atoms with E-state index < -0.39 is 5.56 Å². The second kappa shape index (κ2) is 11.6. The summed E-state index contributed by atoms with van der Waals surface area (Å²) in [5, 5.41) is 6.57. The average Bonchev–Trinajstić information content (AvgIpc) is 2.78. The van der Waals surface area contributed by atoms with Crippen molar-refractivity contribution in [3.05, 3.63) is 58.7 Å². The molecule has 0 amide bonds. The number of nitrogens with one attached hydrogen (secondary N) is 3. The van der Waals surface area contributed by atoms with Gasteiger partial charge in [0, 0.05) is 23.8 Å². The number of rotatable bonds is 9. The minimum Gasteiger partial charge on any atom is -0.383 e. The van der Waals surface area contributed by atoms with Crippen LogP contribution in [0.3, 0.4) is 0 Å². The van der Waals surface area contributed by atoms with Crippen LogP contribution in [-0.2, 0) is 11.3 Å². The Hall–Kier alpha value is -3.75. The molecule has 1 atom stereocenters. The molecule has 9 heteroatoms. The fourth-order valence-corrected chi connectivity index (χ4v) is 2.91. The normalized spacial score (nSPS) is 11.2. The smallest absolute Gasteiger partial charge is 0.280 e. The van der Waals surface area contributed by atoms with Crippen molar-refractivity contribution in [2.24, 2.45) is 0 Å². The summed E-state index contributed by atoms with van der Waals surface area (Å²) < 4.78 is 0. The number of H-pyrrole nitrogens is 1. The van der Waals surface area contributed by atoms with Gasteiger partial charge < -0.3 is 21.2 Å². The summed E-state index contributed by atoms with van der Waals surface area (Å²) in [6, 6.07) is 7.95. The van der Waals surface area contributed by atoms with Gasteiger partial charge in [0.25, 0.3) is 5.56 Å². The number of ketones is 1. The van der Waals surface area contributed by atoms with Crippen LogP contribution in [0.15, 0.2) is 41.8 Å². The summed E-state index contributed by atoms with van der Waals surface area (Å²) in [7, 11) is 0. The second-order valence-corrected chi connectivity index (χ2v) is 7.18. The third-order valence-corrected chi connectivity index (χ3v) is 4.54.